The van der Waals surface area contributed by atoms with Crippen LogP contribution in [-0.2, 0) is 13.5 Å². The number of hydrogen-bond donors (Lipinski definition) is 1. The minimum atomic E-state index is 0.0912. The Morgan fingerprint density at radius 3 is 2.81 bits per heavy atom. The van der Waals surface area contributed by atoms with E-state index in [1.165, 1.54) is 0 Å². The third kappa shape index (κ3) is 1.92. The maximum absolute atomic E-state index is 8.93. The molecule has 4 nitrogen and oxygen atoms in total. The predicted molar refractivity (Wildman–Crippen MR) is 64.1 cm³/mol. The lowest BCUT2D eigenvalue weighted by atomic mass is 10.3. The summed E-state index contributed by atoms with van der Waals surface area (Å²) in [5, 5.41) is 8.93. The summed E-state index contributed by atoms with van der Waals surface area (Å²) in [6, 6.07) is 3.83. The second-order valence-electron chi connectivity index (χ2n) is 3.61. The fraction of sp³-hybridized carbons (Fsp3) is 0.364. The van der Waals surface area contributed by atoms with Crippen molar-refractivity contribution in [2.45, 2.75) is 13.3 Å². The van der Waals surface area contributed by atoms with Gasteiger partial charge in [-0.15, -0.1) is 0 Å². The van der Waals surface area contributed by atoms with Crippen LogP contribution in [0.5, 0.6) is 0 Å². The number of furan rings is 1. The third-order valence-electron chi connectivity index (χ3n) is 2.45. The molecule has 0 fully saturated rings. The van der Waals surface area contributed by atoms with Gasteiger partial charge in [-0.1, -0.05) is 0 Å². The number of aliphatic hydroxyl groups is 1. The van der Waals surface area contributed by atoms with Gasteiger partial charge in [-0.25, -0.2) is 4.98 Å². The van der Waals surface area contributed by atoms with Crippen molar-refractivity contribution in [1.82, 2.24) is 9.55 Å². The Kier molecular flexibility index (Phi) is 3.16. The number of aliphatic hydroxyl groups excluding tert-OH is 1. The Bertz CT molecular complexity index is 502. The van der Waals surface area contributed by atoms with Gasteiger partial charge in [0.05, 0.1) is 6.61 Å². The highest BCUT2D eigenvalue weighted by Crippen LogP contribution is 2.29. The molecule has 0 aliphatic heterocycles. The van der Waals surface area contributed by atoms with Crippen LogP contribution in [0.4, 0.5) is 0 Å². The lowest BCUT2D eigenvalue weighted by molar-refractivity contribution is 0.295. The van der Waals surface area contributed by atoms with Gasteiger partial charge < -0.3 is 14.1 Å². The third-order valence-corrected chi connectivity index (χ3v) is 3.01. The first-order valence-electron chi connectivity index (χ1n) is 5.02. The van der Waals surface area contributed by atoms with Crippen molar-refractivity contribution >= 4 is 15.9 Å². The predicted octanol–water partition coefficient (Wildman–Crippen LogP) is 2.29. The highest BCUT2D eigenvalue weighted by molar-refractivity contribution is 9.10. The van der Waals surface area contributed by atoms with Gasteiger partial charge in [-0.3, -0.25) is 0 Å². The summed E-state index contributed by atoms with van der Waals surface area (Å²) >= 11 is 3.41. The van der Waals surface area contributed by atoms with Crippen LogP contribution in [0, 0.1) is 6.92 Å². The molecule has 0 bridgehead atoms. The number of aromatic nitrogens is 2. The van der Waals surface area contributed by atoms with Gasteiger partial charge in [0.1, 0.15) is 21.9 Å². The molecule has 0 spiro atoms. The molecule has 1 N–H and O–H groups in total. The number of halogens is 1. The maximum Gasteiger partial charge on any atom is 0.153 e. The molecule has 2 aromatic rings. The molecule has 0 saturated heterocycles. The van der Waals surface area contributed by atoms with Gasteiger partial charge in [-0.05, 0) is 35.0 Å². The van der Waals surface area contributed by atoms with Crippen LogP contribution in [0.3, 0.4) is 0 Å². The van der Waals surface area contributed by atoms with E-state index in [1.54, 1.807) is 0 Å². The average Bonchev–Trinajstić information content (AvgIpc) is 2.74. The molecule has 0 atom stereocenters. The Labute approximate surface area is 102 Å². The number of nitrogens with zero attached hydrogens (tertiary/aromatic N) is 2. The minimum absolute atomic E-state index is 0.0912. The molecule has 0 aliphatic carbocycles. The topological polar surface area (TPSA) is 51.2 Å². The zero-order chi connectivity index (χ0) is 11.7. The first-order chi connectivity index (χ1) is 7.63. The van der Waals surface area contributed by atoms with Crippen LogP contribution in [0.2, 0.25) is 0 Å². The molecule has 86 valence electrons. The molecular weight excluding hydrogens is 272 g/mol. The van der Waals surface area contributed by atoms with Crippen molar-refractivity contribution in [1.29, 1.82) is 0 Å². The maximum atomic E-state index is 8.93. The van der Waals surface area contributed by atoms with E-state index in [4.69, 9.17) is 9.52 Å². The van der Waals surface area contributed by atoms with Crippen LogP contribution < -0.4 is 0 Å². The SMILES string of the molecule is Cc1ccc(-c2c(Br)nc(CCO)n2C)o1. The molecule has 2 aromatic heterocycles. The molecule has 0 aliphatic rings. The summed E-state index contributed by atoms with van der Waals surface area (Å²) in [6.07, 6.45) is 0.536. The van der Waals surface area contributed by atoms with E-state index in [9.17, 15) is 0 Å². The number of aryl methyl sites for hydroxylation is 1. The molecular formula is C11H13BrN2O2. The van der Waals surface area contributed by atoms with Crippen molar-refractivity contribution in [2.75, 3.05) is 6.61 Å². The highest BCUT2D eigenvalue weighted by Gasteiger charge is 2.16. The van der Waals surface area contributed by atoms with E-state index >= 15 is 0 Å². The van der Waals surface area contributed by atoms with Crippen molar-refractivity contribution < 1.29 is 9.52 Å². The van der Waals surface area contributed by atoms with E-state index in [2.05, 4.69) is 20.9 Å². The summed E-state index contributed by atoms with van der Waals surface area (Å²) in [6.45, 7) is 2.00. The van der Waals surface area contributed by atoms with E-state index in [-0.39, 0.29) is 6.61 Å². The van der Waals surface area contributed by atoms with Crippen molar-refractivity contribution in [3.63, 3.8) is 0 Å². The minimum Gasteiger partial charge on any atom is -0.460 e. The lowest BCUT2D eigenvalue weighted by Gasteiger charge is -2.02. The Balaban J connectivity index is 2.48. The lowest BCUT2D eigenvalue weighted by Crippen LogP contribution is -2.01. The van der Waals surface area contributed by atoms with Crippen LogP contribution in [0.1, 0.15) is 11.6 Å². The zero-order valence-corrected chi connectivity index (χ0v) is 10.8. The fourth-order valence-corrected chi connectivity index (χ4v) is 2.33. The zero-order valence-electron chi connectivity index (χ0n) is 9.20. The Morgan fingerprint density at radius 2 is 2.25 bits per heavy atom. The van der Waals surface area contributed by atoms with E-state index < -0.39 is 0 Å². The second kappa shape index (κ2) is 4.43. The van der Waals surface area contributed by atoms with Gasteiger partial charge in [0.2, 0.25) is 0 Å². The Hall–Kier alpha value is -1.07. The molecule has 0 aromatic carbocycles. The molecule has 16 heavy (non-hydrogen) atoms. The first kappa shape index (κ1) is 11.4. The quantitative estimate of drug-likeness (QED) is 0.941. The van der Waals surface area contributed by atoms with Gasteiger partial charge in [0.25, 0.3) is 0 Å². The van der Waals surface area contributed by atoms with Gasteiger partial charge in [0, 0.05) is 13.5 Å². The molecule has 5 heteroatoms. The van der Waals surface area contributed by atoms with Crippen LogP contribution in [-0.4, -0.2) is 21.3 Å². The summed E-state index contributed by atoms with van der Waals surface area (Å²) in [5.41, 5.74) is 0.900. The van der Waals surface area contributed by atoms with Crippen molar-refractivity contribution in [3.05, 3.63) is 28.3 Å². The van der Waals surface area contributed by atoms with Crippen molar-refractivity contribution in [3.8, 4) is 11.5 Å². The van der Waals surface area contributed by atoms with Crippen molar-refractivity contribution in [2.24, 2.45) is 7.05 Å². The molecule has 0 amide bonds. The van der Waals surface area contributed by atoms with Gasteiger partial charge in [-0.2, -0.15) is 0 Å². The highest BCUT2D eigenvalue weighted by atomic mass is 79.9. The number of imidazole rings is 1. The smallest absolute Gasteiger partial charge is 0.153 e. The second-order valence-corrected chi connectivity index (χ2v) is 4.36. The Morgan fingerprint density at radius 1 is 1.50 bits per heavy atom. The normalized spacial score (nSPS) is 11.0. The molecule has 2 rings (SSSR count). The first-order valence-corrected chi connectivity index (χ1v) is 5.81. The number of rotatable bonds is 3. The van der Waals surface area contributed by atoms with E-state index in [1.807, 2.05) is 30.7 Å². The summed E-state index contributed by atoms with van der Waals surface area (Å²) < 4.78 is 8.24. The summed E-state index contributed by atoms with van der Waals surface area (Å²) in [4.78, 5) is 4.35. The van der Waals surface area contributed by atoms with Gasteiger partial charge in [0.15, 0.2) is 5.76 Å². The standard InChI is InChI=1S/C11H13BrN2O2/c1-7-3-4-8(16-7)10-11(12)13-9(5-6-15)14(10)2/h3-4,15H,5-6H2,1-2H3. The monoisotopic (exact) mass is 284 g/mol. The van der Waals surface area contributed by atoms with Gasteiger partial charge >= 0.3 is 0 Å². The fourth-order valence-electron chi connectivity index (χ4n) is 1.66. The average molecular weight is 285 g/mol. The van der Waals surface area contributed by atoms with E-state index in [0.717, 1.165) is 27.6 Å². The molecule has 2 heterocycles. The number of hydrogen-bond acceptors (Lipinski definition) is 3. The summed E-state index contributed by atoms with van der Waals surface area (Å²) in [7, 11) is 1.91. The molecule has 0 radical (unpaired) electrons. The largest absolute Gasteiger partial charge is 0.460 e. The summed E-state index contributed by atoms with van der Waals surface area (Å²) in [5.74, 6) is 2.48. The van der Waals surface area contributed by atoms with E-state index in [0.29, 0.717) is 6.42 Å². The van der Waals surface area contributed by atoms with Crippen LogP contribution in [0.15, 0.2) is 21.2 Å². The molecule has 0 unspecified atom stereocenters. The molecule has 0 saturated carbocycles. The van der Waals surface area contributed by atoms with Crippen LogP contribution in [0.25, 0.3) is 11.5 Å². The van der Waals surface area contributed by atoms with Crippen LogP contribution >= 0.6 is 15.9 Å².